The van der Waals surface area contributed by atoms with Crippen LogP contribution in [0, 0.1) is 5.41 Å². The molecule has 0 saturated heterocycles. The van der Waals surface area contributed by atoms with Gasteiger partial charge < -0.3 is 4.74 Å². The molecular weight excluding hydrogens is 178 g/mol. The van der Waals surface area contributed by atoms with E-state index in [1.54, 1.807) is 6.08 Å². The molecule has 3 heteroatoms. The molecule has 82 valence electrons. The fourth-order valence-electron chi connectivity index (χ4n) is 0.873. The molecule has 0 aliphatic carbocycles. The van der Waals surface area contributed by atoms with Crippen molar-refractivity contribution in [3.05, 3.63) is 0 Å². The zero-order valence-electron chi connectivity index (χ0n) is 10.0. The molecule has 0 heterocycles. The van der Waals surface area contributed by atoms with Crippen molar-refractivity contribution in [1.82, 2.24) is 0 Å². The summed E-state index contributed by atoms with van der Waals surface area (Å²) in [4.78, 5) is 14.0. The Morgan fingerprint density at radius 3 is 2.00 bits per heavy atom. The third kappa shape index (κ3) is 5.90. The molecule has 0 aliphatic heterocycles. The summed E-state index contributed by atoms with van der Waals surface area (Å²) in [6.07, 6.45) is 1.61. The second kappa shape index (κ2) is 4.72. The monoisotopic (exact) mass is 199 g/mol. The number of nitrogens with zero attached hydrogens (tertiary/aromatic N) is 1. The first-order chi connectivity index (χ1) is 6.17. The molecular formula is C11H21NO2. The minimum absolute atomic E-state index is 0.0668. The number of hydrogen-bond donors (Lipinski definition) is 0. The molecule has 0 rings (SSSR count). The van der Waals surface area contributed by atoms with Crippen LogP contribution in [-0.4, -0.2) is 24.3 Å². The largest absolute Gasteiger partial charge is 0.374 e. The van der Waals surface area contributed by atoms with Crippen molar-refractivity contribution in [3.8, 4) is 0 Å². The van der Waals surface area contributed by atoms with Gasteiger partial charge in [0.1, 0.15) is 0 Å². The Bertz CT molecular complexity index is 216. The number of rotatable bonds is 3. The Morgan fingerprint density at radius 2 is 1.71 bits per heavy atom. The highest BCUT2D eigenvalue weighted by molar-refractivity contribution is 5.33. The van der Waals surface area contributed by atoms with E-state index in [4.69, 9.17) is 4.74 Å². The van der Waals surface area contributed by atoms with Crippen LogP contribution in [0.4, 0.5) is 0 Å². The van der Waals surface area contributed by atoms with Gasteiger partial charge >= 0.3 is 0 Å². The number of hydrogen-bond acceptors (Lipinski definition) is 3. The topological polar surface area (TPSA) is 38.7 Å². The van der Waals surface area contributed by atoms with Crippen molar-refractivity contribution in [1.29, 1.82) is 0 Å². The summed E-state index contributed by atoms with van der Waals surface area (Å²) < 4.78 is 5.60. The van der Waals surface area contributed by atoms with Crippen molar-refractivity contribution in [2.45, 2.75) is 53.2 Å². The van der Waals surface area contributed by atoms with Crippen molar-refractivity contribution in [2.24, 2.45) is 10.4 Å². The Labute approximate surface area is 86.6 Å². The van der Waals surface area contributed by atoms with Crippen molar-refractivity contribution in [2.75, 3.05) is 6.61 Å². The first kappa shape index (κ1) is 13.3. The normalized spacial score (nSPS) is 14.7. The third-order valence-corrected chi connectivity index (χ3v) is 1.88. The quantitative estimate of drug-likeness (QED) is 0.517. The zero-order valence-corrected chi connectivity index (χ0v) is 10.0. The highest BCUT2D eigenvalue weighted by Gasteiger charge is 2.26. The second-order valence-corrected chi connectivity index (χ2v) is 5.53. The van der Waals surface area contributed by atoms with Gasteiger partial charge in [-0.15, -0.1) is 0 Å². The molecule has 0 saturated carbocycles. The first-order valence-electron chi connectivity index (χ1n) is 4.88. The highest BCUT2D eigenvalue weighted by atomic mass is 16.5. The van der Waals surface area contributed by atoms with Crippen LogP contribution < -0.4 is 0 Å². The molecule has 0 amide bonds. The standard InChI is InChI=1S/C11H21NO2/c1-10(2,3)9(12-8-13)7-14-11(4,5)6/h9H,7H2,1-6H3/t9-/m1/s1. The maximum atomic E-state index is 10.2. The predicted octanol–water partition coefficient (Wildman–Crippen LogP) is 2.55. The van der Waals surface area contributed by atoms with Gasteiger partial charge in [-0.1, -0.05) is 20.8 Å². The van der Waals surface area contributed by atoms with Gasteiger partial charge in [-0.25, -0.2) is 4.79 Å². The van der Waals surface area contributed by atoms with Crippen LogP contribution in [0.25, 0.3) is 0 Å². The molecule has 3 nitrogen and oxygen atoms in total. The van der Waals surface area contributed by atoms with Gasteiger partial charge in [-0.2, -0.15) is 4.99 Å². The van der Waals surface area contributed by atoms with Gasteiger partial charge in [0.25, 0.3) is 0 Å². The molecule has 0 N–H and O–H groups in total. The first-order valence-corrected chi connectivity index (χ1v) is 4.88. The van der Waals surface area contributed by atoms with Gasteiger partial charge in [0.15, 0.2) is 0 Å². The van der Waals surface area contributed by atoms with Gasteiger partial charge in [0.05, 0.1) is 18.2 Å². The highest BCUT2D eigenvalue weighted by Crippen LogP contribution is 2.23. The fourth-order valence-corrected chi connectivity index (χ4v) is 0.873. The Morgan fingerprint density at radius 1 is 1.21 bits per heavy atom. The van der Waals surface area contributed by atoms with E-state index >= 15 is 0 Å². The van der Waals surface area contributed by atoms with E-state index in [2.05, 4.69) is 4.99 Å². The lowest BCUT2D eigenvalue weighted by atomic mass is 9.87. The van der Waals surface area contributed by atoms with E-state index in [1.807, 2.05) is 41.5 Å². The number of aliphatic imine (C=N–C) groups is 1. The SMILES string of the molecule is CC(C)(C)OC[C@@H](N=C=O)C(C)(C)C. The molecule has 1 atom stereocenters. The van der Waals surface area contributed by atoms with E-state index in [-0.39, 0.29) is 17.1 Å². The van der Waals surface area contributed by atoms with Crippen LogP contribution in [0.2, 0.25) is 0 Å². The van der Waals surface area contributed by atoms with E-state index in [1.165, 1.54) is 0 Å². The van der Waals surface area contributed by atoms with Crippen molar-refractivity contribution in [3.63, 3.8) is 0 Å². The molecule has 0 fully saturated rings. The van der Waals surface area contributed by atoms with E-state index in [0.29, 0.717) is 6.61 Å². The number of ether oxygens (including phenoxy) is 1. The average molecular weight is 199 g/mol. The lowest BCUT2D eigenvalue weighted by molar-refractivity contribution is -0.0222. The maximum absolute atomic E-state index is 10.2. The van der Waals surface area contributed by atoms with Crippen molar-refractivity contribution >= 4 is 6.08 Å². The Balaban J connectivity index is 4.34. The maximum Gasteiger partial charge on any atom is 0.235 e. The third-order valence-electron chi connectivity index (χ3n) is 1.88. The molecule has 0 aliphatic rings. The van der Waals surface area contributed by atoms with Crippen LogP contribution in [0.1, 0.15) is 41.5 Å². The minimum atomic E-state index is -0.193. The van der Waals surface area contributed by atoms with Crippen molar-refractivity contribution < 1.29 is 9.53 Å². The molecule has 0 aromatic carbocycles. The fraction of sp³-hybridized carbons (Fsp3) is 0.909. The summed E-state index contributed by atoms with van der Waals surface area (Å²) in [6, 6.07) is -0.126. The summed E-state index contributed by atoms with van der Waals surface area (Å²) in [5.41, 5.74) is -0.259. The smallest absolute Gasteiger partial charge is 0.235 e. The van der Waals surface area contributed by atoms with Gasteiger partial charge in [0, 0.05) is 0 Å². The van der Waals surface area contributed by atoms with Gasteiger partial charge in [-0.05, 0) is 26.2 Å². The Kier molecular flexibility index (Phi) is 4.50. The molecule has 0 aromatic heterocycles. The average Bonchev–Trinajstić information content (AvgIpc) is 1.93. The van der Waals surface area contributed by atoms with Crippen LogP contribution in [0.15, 0.2) is 4.99 Å². The van der Waals surface area contributed by atoms with Gasteiger partial charge in [-0.3, -0.25) is 0 Å². The molecule has 0 spiro atoms. The molecule has 0 unspecified atom stereocenters. The predicted molar refractivity (Wildman–Crippen MR) is 57.1 cm³/mol. The van der Waals surface area contributed by atoms with Crippen LogP contribution in [0.5, 0.6) is 0 Å². The summed E-state index contributed by atoms with van der Waals surface area (Å²) in [5, 5.41) is 0. The van der Waals surface area contributed by atoms with E-state index in [9.17, 15) is 4.79 Å². The molecule has 0 radical (unpaired) electrons. The summed E-state index contributed by atoms with van der Waals surface area (Å²) in [6.45, 7) is 12.5. The minimum Gasteiger partial charge on any atom is -0.374 e. The number of carbonyl (C=O) groups excluding carboxylic acids is 1. The van der Waals surface area contributed by atoms with Gasteiger partial charge in [0.2, 0.25) is 6.08 Å². The van der Waals surface area contributed by atoms with Crippen LogP contribution in [0.3, 0.4) is 0 Å². The summed E-state index contributed by atoms with van der Waals surface area (Å²) in [5.74, 6) is 0. The summed E-state index contributed by atoms with van der Waals surface area (Å²) >= 11 is 0. The lowest BCUT2D eigenvalue weighted by Gasteiger charge is -2.29. The zero-order chi connectivity index (χ0) is 11.4. The molecule has 0 aromatic rings. The van der Waals surface area contributed by atoms with E-state index < -0.39 is 0 Å². The van der Waals surface area contributed by atoms with Crippen LogP contribution in [-0.2, 0) is 9.53 Å². The Hall–Kier alpha value is -0.660. The summed E-state index contributed by atoms with van der Waals surface area (Å²) in [7, 11) is 0. The van der Waals surface area contributed by atoms with E-state index in [0.717, 1.165) is 0 Å². The second-order valence-electron chi connectivity index (χ2n) is 5.53. The molecule has 14 heavy (non-hydrogen) atoms. The van der Waals surface area contributed by atoms with Crippen LogP contribution >= 0.6 is 0 Å². The number of isocyanates is 1. The lowest BCUT2D eigenvalue weighted by Crippen LogP contribution is -2.33. The molecule has 0 bridgehead atoms.